The fraction of sp³-hybridized carbons (Fsp3) is 0.250. The Labute approximate surface area is 136 Å². The maximum Gasteiger partial charge on any atom is 0.123 e. The molecule has 2 aromatic carbocycles. The highest BCUT2D eigenvalue weighted by molar-refractivity contribution is 5.44. The summed E-state index contributed by atoms with van der Waals surface area (Å²) in [5.41, 5.74) is 3.93. The topological polar surface area (TPSA) is 27.1 Å². The van der Waals surface area contributed by atoms with Crippen molar-refractivity contribution >= 4 is 0 Å². The number of rotatable bonds is 4. The minimum atomic E-state index is 0.376. The van der Waals surface area contributed by atoms with E-state index in [1.807, 2.05) is 30.7 Å². The third-order valence-corrected chi connectivity index (χ3v) is 4.55. The number of benzene rings is 2. The highest BCUT2D eigenvalue weighted by atomic mass is 16.5. The first kappa shape index (κ1) is 14.1. The van der Waals surface area contributed by atoms with Gasteiger partial charge in [-0.1, -0.05) is 42.5 Å². The average molecular weight is 304 g/mol. The molecule has 1 unspecified atom stereocenters. The van der Waals surface area contributed by atoms with Gasteiger partial charge in [0.1, 0.15) is 12.4 Å². The Morgan fingerprint density at radius 3 is 2.83 bits per heavy atom. The molecule has 1 aliphatic carbocycles. The van der Waals surface area contributed by atoms with Gasteiger partial charge in [0.05, 0.1) is 12.4 Å². The molecule has 23 heavy (non-hydrogen) atoms. The van der Waals surface area contributed by atoms with Gasteiger partial charge in [-0.05, 0) is 42.0 Å². The van der Waals surface area contributed by atoms with Gasteiger partial charge in [-0.3, -0.25) is 0 Å². The van der Waals surface area contributed by atoms with Crippen LogP contribution in [0.25, 0.3) is 0 Å². The molecule has 0 N–H and O–H groups in total. The molecule has 0 saturated carbocycles. The normalized spacial score (nSPS) is 16.8. The zero-order chi connectivity index (χ0) is 15.5. The molecule has 1 aliphatic rings. The van der Waals surface area contributed by atoms with Gasteiger partial charge in [-0.25, -0.2) is 4.98 Å². The summed E-state index contributed by atoms with van der Waals surface area (Å²) in [6.45, 7) is 0.618. The summed E-state index contributed by atoms with van der Waals surface area (Å²) in [5.74, 6) is 1.02. The van der Waals surface area contributed by atoms with Crippen molar-refractivity contribution in [3.05, 3.63) is 83.9 Å². The van der Waals surface area contributed by atoms with E-state index < -0.39 is 0 Å². The monoisotopic (exact) mass is 304 g/mol. The van der Waals surface area contributed by atoms with E-state index in [1.54, 1.807) is 0 Å². The van der Waals surface area contributed by atoms with Gasteiger partial charge < -0.3 is 9.30 Å². The minimum absolute atomic E-state index is 0.376. The predicted molar refractivity (Wildman–Crippen MR) is 90.5 cm³/mol. The molecule has 0 spiro atoms. The molecule has 1 heterocycles. The standard InChI is InChI=1S/C20H20N2O/c1-2-6-16(7-3-1)14-23-20-11-5-8-17-18(20)9-4-10-19(17)22-13-12-21-15-22/h1-3,5-8,11-13,15,19H,4,9-10,14H2. The summed E-state index contributed by atoms with van der Waals surface area (Å²) in [6, 6.07) is 17.1. The lowest BCUT2D eigenvalue weighted by Gasteiger charge is -2.28. The van der Waals surface area contributed by atoms with Crippen LogP contribution in [-0.2, 0) is 13.0 Å². The smallest absolute Gasteiger partial charge is 0.123 e. The van der Waals surface area contributed by atoms with Crippen molar-refractivity contribution in [3.8, 4) is 5.75 Å². The zero-order valence-electron chi connectivity index (χ0n) is 13.1. The van der Waals surface area contributed by atoms with E-state index in [9.17, 15) is 0 Å². The Bertz CT molecular complexity index is 766. The van der Waals surface area contributed by atoms with E-state index in [-0.39, 0.29) is 0 Å². The van der Waals surface area contributed by atoms with Crippen molar-refractivity contribution in [1.29, 1.82) is 0 Å². The highest BCUT2D eigenvalue weighted by Gasteiger charge is 2.23. The first-order valence-corrected chi connectivity index (χ1v) is 8.18. The van der Waals surface area contributed by atoms with Crippen molar-refractivity contribution in [2.45, 2.75) is 31.9 Å². The molecular weight excluding hydrogens is 284 g/mol. The molecule has 0 saturated heterocycles. The van der Waals surface area contributed by atoms with Crippen LogP contribution in [0.15, 0.2) is 67.3 Å². The summed E-state index contributed by atoms with van der Waals surface area (Å²) in [4.78, 5) is 4.20. The van der Waals surface area contributed by atoms with Crippen LogP contribution < -0.4 is 4.74 Å². The summed E-state index contributed by atoms with van der Waals surface area (Å²) >= 11 is 0. The van der Waals surface area contributed by atoms with Crippen LogP contribution >= 0.6 is 0 Å². The van der Waals surface area contributed by atoms with Gasteiger partial charge in [0, 0.05) is 12.4 Å². The summed E-state index contributed by atoms with van der Waals surface area (Å²) in [6.07, 6.45) is 9.25. The molecule has 116 valence electrons. The van der Waals surface area contributed by atoms with Crippen LogP contribution in [0.5, 0.6) is 5.75 Å². The number of hydrogen-bond donors (Lipinski definition) is 0. The second kappa shape index (κ2) is 6.29. The lowest BCUT2D eigenvalue weighted by Crippen LogP contribution is -2.17. The molecule has 3 nitrogen and oxygen atoms in total. The average Bonchev–Trinajstić information content (AvgIpc) is 3.15. The van der Waals surface area contributed by atoms with Gasteiger partial charge in [0.2, 0.25) is 0 Å². The van der Waals surface area contributed by atoms with Crippen LogP contribution in [0.1, 0.15) is 35.6 Å². The molecule has 1 aromatic heterocycles. The predicted octanol–water partition coefficient (Wildman–Crippen LogP) is 4.39. The molecule has 0 bridgehead atoms. The SMILES string of the molecule is c1ccc(COc2cccc3c2CCCC3n2ccnc2)cc1. The number of aromatic nitrogens is 2. The lowest BCUT2D eigenvalue weighted by atomic mass is 9.87. The fourth-order valence-corrected chi connectivity index (χ4v) is 3.42. The Morgan fingerprint density at radius 2 is 2.00 bits per heavy atom. The summed E-state index contributed by atoms with van der Waals surface area (Å²) in [7, 11) is 0. The second-order valence-electron chi connectivity index (χ2n) is 6.02. The quantitative estimate of drug-likeness (QED) is 0.715. The maximum atomic E-state index is 6.13. The molecule has 0 amide bonds. The van der Waals surface area contributed by atoms with E-state index in [1.165, 1.54) is 23.1 Å². The van der Waals surface area contributed by atoms with E-state index in [0.29, 0.717) is 12.6 Å². The van der Waals surface area contributed by atoms with E-state index in [2.05, 4.69) is 46.1 Å². The van der Waals surface area contributed by atoms with Crippen molar-refractivity contribution in [1.82, 2.24) is 9.55 Å². The number of ether oxygens (including phenoxy) is 1. The number of fused-ring (bicyclic) bond motifs is 1. The van der Waals surface area contributed by atoms with Crippen LogP contribution in [0, 0.1) is 0 Å². The first-order chi connectivity index (χ1) is 11.4. The molecule has 1 atom stereocenters. The summed E-state index contributed by atoms with van der Waals surface area (Å²) in [5, 5.41) is 0. The lowest BCUT2D eigenvalue weighted by molar-refractivity contribution is 0.299. The van der Waals surface area contributed by atoms with Crippen molar-refractivity contribution in [2.24, 2.45) is 0 Å². The third kappa shape index (κ3) is 2.87. The molecule has 3 aromatic rings. The van der Waals surface area contributed by atoms with Crippen molar-refractivity contribution in [3.63, 3.8) is 0 Å². The van der Waals surface area contributed by atoms with Crippen LogP contribution in [0.3, 0.4) is 0 Å². The third-order valence-electron chi connectivity index (χ3n) is 4.55. The van der Waals surface area contributed by atoms with Crippen LogP contribution in [0.2, 0.25) is 0 Å². The molecule has 0 radical (unpaired) electrons. The van der Waals surface area contributed by atoms with Gasteiger partial charge in [0.25, 0.3) is 0 Å². The second-order valence-corrected chi connectivity index (χ2v) is 6.02. The van der Waals surface area contributed by atoms with Crippen LogP contribution in [-0.4, -0.2) is 9.55 Å². The van der Waals surface area contributed by atoms with E-state index >= 15 is 0 Å². The Morgan fingerprint density at radius 1 is 1.09 bits per heavy atom. The largest absolute Gasteiger partial charge is 0.489 e. The zero-order valence-corrected chi connectivity index (χ0v) is 13.1. The number of hydrogen-bond acceptors (Lipinski definition) is 2. The Balaban J connectivity index is 1.61. The molecule has 4 rings (SSSR count). The van der Waals surface area contributed by atoms with Gasteiger partial charge in [0.15, 0.2) is 0 Å². The Hall–Kier alpha value is -2.55. The number of imidazole rings is 1. The minimum Gasteiger partial charge on any atom is -0.489 e. The van der Waals surface area contributed by atoms with Crippen LogP contribution in [0.4, 0.5) is 0 Å². The molecular formula is C20H20N2O. The maximum absolute atomic E-state index is 6.13. The number of nitrogens with zero attached hydrogens (tertiary/aromatic N) is 2. The van der Waals surface area contributed by atoms with Gasteiger partial charge >= 0.3 is 0 Å². The van der Waals surface area contributed by atoms with Gasteiger partial charge in [-0.15, -0.1) is 0 Å². The Kier molecular flexibility index (Phi) is 3.85. The summed E-state index contributed by atoms with van der Waals surface area (Å²) < 4.78 is 8.34. The fourth-order valence-electron chi connectivity index (χ4n) is 3.42. The molecule has 3 heteroatoms. The van der Waals surface area contributed by atoms with Gasteiger partial charge in [-0.2, -0.15) is 0 Å². The molecule has 0 fully saturated rings. The molecule has 0 aliphatic heterocycles. The highest BCUT2D eigenvalue weighted by Crippen LogP contribution is 2.37. The van der Waals surface area contributed by atoms with Crippen molar-refractivity contribution in [2.75, 3.05) is 0 Å². The van der Waals surface area contributed by atoms with Crippen molar-refractivity contribution < 1.29 is 4.74 Å². The van der Waals surface area contributed by atoms with E-state index in [0.717, 1.165) is 18.6 Å². The van der Waals surface area contributed by atoms with E-state index in [4.69, 9.17) is 4.74 Å². The first-order valence-electron chi connectivity index (χ1n) is 8.18.